The van der Waals surface area contributed by atoms with Gasteiger partial charge in [-0.2, -0.15) is 0 Å². The smallest absolute Gasteiger partial charge is 0.326 e. The van der Waals surface area contributed by atoms with Crippen LogP contribution in [0.15, 0.2) is 53.5 Å². The van der Waals surface area contributed by atoms with E-state index in [-0.39, 0.29) is 69.3 Å². The SMILES string of the molecule is CCC(C)C(NC(=O)CNC(=O)c1cc(-c2ccccc2)ccc1OC[C@@H](CN(CCN(CC(=O)O)CC(=O)O)CC(=O)O)N(CCOO)CC(=O)O)C(=O)NC(CCCN=C(N)N)C(=O)NC(CCCCN)C(=O)O. The first-order valence-corrected chi connectivity index (χ1v) is 24.4. The summed E-state index contributed by atoms with van der Waals surface area (Å²) in [6, 6.07) is 8.49. The standard InChI is InChI=1S/C48H73N11O17/c1-3-30(2)43(46(71)54-35(13-9-17-52-48(50)51)45(70)55-36(47(72)73)12-7-8-16-49)56-38(60)23-53-44(69)34-22-32(31-10-5-4-6-11-31)14-15-37(34)75-29-33(59(20-21-76-74)28-42(67)68)24-57(25-39(61)62)18-19-58(26-40(63)64)27-41(65)66/h4-6,10-11,14-15,22,30,33,35-36,43,74H,3,7-9,12-13,16-21,23-29,49H2,1-2H3,(H,53,69)(H,54,71)(H,55,70)(H,56,60)(H,61,62)(H,63,64)(H,65,66)(H,67,68)(H,72,73)(H4,50,51,52)/t30?,33-,35?,36?,43?/m1/s1. The minimum Gasteiger partial charge on any atom is -0.491 e. The number of guanidine groups is 1. The molecule has 16 N–H and O–H groups in total. The molecule has 0 aromatic heterocycles. The number of amides is 4. The minimum absolute atomic E-state index is 0.0227. The first-order valence-electron chi connectivity index (χ1n) is 24.4. The Morgan fingerprint density at radius 2 is 1.32 bits per heavy atom. The summed E-state index contributed by atoms with van der Waals surface area (Å²) in [6.45, 7) is -1.39. The maximum atomic E-state index is 14.2. The molecule has 0 saturated carbocycles. The number of ether oxygens (including phenoxy) is 1. The molecule has 28 nitrogen and oxygen atoms in total. The number of hydrogen-bond acceptors (Lipinski definition) is 17. The first-order chi connectivity index (χ1) is 36.1. The van der Waals surface area contributed by atoms with Crippen LogP contribution >= 0.6 is 0 Å². The Morgan fingerprint density at radius 1 is 0.711 bits per heavy atom. The summed E-state index contributed by atoms with van der Waals surface area (Å²) in [5.41, 5.74) is 17.5. The molecule has 0 aliphatic carbocycles. The van der Waals surface area contributed by atoms with E-state index in [1.807, 2.05) is 0 Å². The van der Waals surface area contributed by atoms with Crippen molar-refractivity contribution in [2.24, 2.45) is 28.1 Å². The topological polar surface area (TPSA) is 442 Å². The molecular weight excluding hydrogens is 1000 g/mol. The third kappa shape index (κ3) is 25.2. The molecule has 0 spiro atoms. The van der Waals surface area contributed by atoms with E-state index in [4.69, 9.17) is 21.9 Å². The number of nitrogens with one attached hydrogen (secondary N) is 4. The van der Waals surface area contributed by atoms with E-state index in [1.165, 1.54) is 21.9 Å². The number of carboxylic acids is 5. The lowest BCUT2D eigenvalue weighted by atomic mass is 9.97. The van der Waals surface area contributed by atoms with Gasteiger partial charge in [0, 0.05) is 32.7 Å². The summed E-state index contributed by atoms with van der Waals surface area (Å²) in [7, 11) is 0. The van der Waals surface area contributed by atoms with Crippen LogP contribution in [-0.2, 0) is 43.2 Å². The number of rotatable bonds is 40. The van der Waals surface area contributed by atoms with Crippen LogP contribution in [0.3, 0.4) is 0 Å². The van der Waals surface area contributed by atoms with Gasteiger partial charge >= 0.3 is 29.8 Å². The van der Waals surface area contributed by atoms with Crippen molar-refractivity contribution in [1.82, 2.24) is 36.0 Å². The Balaban J connectivity index is 2.49. The number of carboxylic acid groups (broad SMARTS) is 5. The van der Waals surface area contributed by atoms with Gasteiger partial charge in [0.05, 0.1) is 50.9 Å². The van der Waals surface area contributed by atoms with Gasteiger partial charge in [0.2, 0.25) is 17.7 Å². The lowest BCUT2D eigenvalue weighted by Gasteiger charge is -2.34. The number of carbonyl (C=O) groups is 9. The first kappa shape index (κ1) is 64.6. The molecule has 0 heterocycles. The molecule has 0 saturated heterocycles. The number of nitrogens with zero attached hydrogens (tertiary/aromatic N) is 4. The Kier molecular flexibility index (Phi) is 29.7. The number of aliphatic imine (C=N–C) groups is 1. The molecule has 5 atom stereocenters. The van der Waals surface area contributed by atoms with Gasteiger partial charge < -0.3 is 68.7 Å². The lowest BCUT2D eigenvalue weighted by Crippen LogP contribution is -2.57. The molecule has 0 bridgehead atoms. The van der Waals surface area contributed by atoms with Crippen LogP contribution in [-0.4, -0.2) is 214 Å². The number of benzene rings is 2. The van der Waals surface area contributed by atoms with Crippen molar-refractivity contribution >= 4 is 59.4 Å². The molecule has 0 fully saturated rings. The van der Waals surface area contributed by atoms with Gasteiger partial charge in [0.25, 0.3) is 5.91 Å². The number of carbonyl (C=O) groups excluding carboxylic acids is 4. The summed E-state index contributed by atoms with van der Waals surface area (Å²) < 4.78 is 6.22. The van der Waals surface area contributed by atoms with E-state index in [0.29, 0.717) is 36.9 Å². The van der Waals surface area contributed by atoms with Gasteiger partial charge in [-0.3, -0.25) is 63.3 Å². The summed E-state index contributed by atoms with van der Waals surface area (Å²) in [5, 5.41) is 67.6. The lowest BCUT2D eigenvalue weighted by molar-refractivity contribution is -0.244. The van der Waals surface area contributed by atoms with Crippen LogP contribution in [0, 0.1) is 5.92 Å². The maximum absolute atomic E-state index is 14.2. The van der Waals surface area contributed by atoms with Crippen molar-refractivity contribution in [2.75, 3.05) is 85.2 Å². The molecule has 0 aliphatic heterocycles. The van der Waals surface area contributed by atoms with Crippen molar-refractivity contribution < 1.29 is 83.6 Å². The molecule has 4 unspecified atom stereocenters. The minimum atomic E-state index is -1.34. The van der Waals surface area contributed by atoms with Crippen molar-refractivity contribution in [2.45, 2.75) is 76.5 Å². The molecule has 2 rings (SSSR count). The molecule has 422 valence electrons. The highest BCUT2D eigenvalue weighted by Gasteiger charge is 2.32. The van der Waals surface area contributed by atoms with Crippen LogP contribution in [0.2, 0.25) is 0 Å². The Hall–Kier alpha value is -7.50. The molecule has 0 aliphatic rings. The zero-order chi connectivity index (χ0) is 56.7. The fourth-order valence-electron chi connectivity index (χ4n) is 7.67. The second-order valence-corrected chi connectivity index (χ2v) is 17.7. The highest BCUT2D eigenvalue weighted by atomic mass is 17.1. The molecule has 2 aromatic rings. The van der Waals surface area contributed by atoms with E-state index in [1.54, 1.807) is 50.2 Å². The van der Waals surface area contributed by atoms with E-state index >= 15 is 0 Å². The van der Waals surface area contributed by atoms with Gasteiger partial charge in [-0.15, -0.1) is 0 Å². The molecular formula is C48H73N11O17. The van der Waals surface area contributed by atoms with Crippen LogP contribution in [0.1, 0.15) is 62.7 Å². The highest BCUT2D eigenvalue weighted by molar-refractivity contribution is 6.00. The summed E-state index contributed by atoms with van der Waals surface area (Å²) in [4.78, 5) is 126. The van der Waals surface area contributed by atoms with Gasteiger partial charge in [0.1, 0.15) is 30.5 Å². The third-order valence-corrected chi connectivity index (χ3v) is 11.7. The third-order valence-electron chi connectivity index (χ3n) is 11.7. The maximum Gasteiger partial charge on any atom is 0.326 e. The molecule has 2 aromatic carbocycles. The number of aliphatic carboxylic acids is 5. The van der Waals surface area contributed by atoms with E-state index in [0.717, 1.165) is 4.90 Å². The quantitative estimate of drug-likeness (QED) is 0.0117. The number of nitrogens with two attached hydrogens (primary N) is 3. The van der Waals surface area contributed by atoms with Crippen LogP contribution in [0.4, 0.5) is 0 Å². The van der Waals surface area contributed by atoms with Crippen LogP contribution in [0.25, 0.3) is 11.1 Å². The van der Waals surface area contributed by atoms with Gasteiger partial charge in [-0.25, -0.2) is 9.68 Å². The van der Waals surface area contributed by atoms with E-state index in [2.05, 4.69) is 31.1 Å². The number of hydrogen-bond donors (Lipinski definition) is 13. The van der Waals surface area contributed by atoms with Gasteiger partial charge in [-0.05, 0) is 67.8 Å². The fourth-order valence-corrected chi connectivity index (χ4v) is 7.67. The molecule has 76 heavy (non-hydrogen) atoms. The van der Waals surface area contributed by atoms with Crippen LogP contribution in [0.5, 0.6) is 5.75 Å². The van der Waals surface area contributed by atoms with Crippen molar-refractivity contribution in [3.8, 4) is 16.9 Å². The number of unbranched alkanes of at least 4 members (excludes halogenated alkanes) is 1. The van der Waals surface area contributed by atoms with Gasteiger partial charge in [-0.1, -0.05) is 56.7 Å². The second-order valence-electron chi connectivity index (χ2n) is 17.7. The Morgan fingerprint density at radius 3 is 1.89 bits per heavy atom. The predicted molar refractivity (Wildman–Crippen MR) is 273 cm³/mol. The summed E-state index contributed by atoms with van der Waals surface area (Å²) in [5.74, 6) is -10.7. The van der Waals surface area contributed by atoms with Gasteiger partial charge in [0.15, 0.2) is 5.96 Å². The largest absolute Gasteiger partial charge is 0.491 e. The zero-order valence-electron chi connectivity index (χ0n) is 42.6. The van der Waals surface area contributed by atoms with Crippen molar-refractivity contribution in [3.63, 3.8) is 0 Å². The predicted octanol–water partition coefficient (Wildman–Crippen LogP) is -1.67. The normalized spacial score (nSPS) is 13.1. The second kappa shape index (κ2) is 34.9. The highest BCUT2D eigenvalue weighted by Crippen LogP contribution is 2.27. The average molecular weight is 1080 g/mol. The monoisotopic (exact) mass is 1080 g/mol. The Bertz CT molecular complexity index is 2240. The molecule has 28 heteroatoms. The average Bonchev–Trinajstić information content (AvgIpc) is 3.36. The van der Waals surface area contributed by atoms with Crippen molar-refractivity contribution in [1.29, 1.82) is 0 Å². The fraction of sp³-hybridized carbons (Fsp3) is 0.542. The van der Waals surface area contributed by atoms with E-state index in [9.17, 15) is 73.9 Å². The van der Waals surface area contributed by atoms with Crippen molar-refractivity contribution in [3.05, 3.63) is 54.1 Å². The summed E-state index contributed by atoms with van der Waals surface area (Å²) in [6.07, 6.45) is 1.53. The van der Waals surface area contributed by atoms with Crippen LogP contribution < -0.4 is 43.2 Å². The Labute approximate surface area is 438 Å². The molecule has 4 amide bonds. The van der Waals surface area contributed by atoms with E-state index < -0.39 is 129 Å². The molecule has 0 radical (unpaired) electrons. The zero-order valence-corrected chi connectivity index (χ0v) is 42.6. The summed E-state index contributed by atoms with van der Waals surface area (Å²) >= 11 is 0.